The van der Waals surface area contributed by atoms with Crippen LogP contribution in [0.3, 0.4) is 0 Å². The molecule has 8 heteroatoms. The number of carbonyl (C=O) groups excluding carboxylic acids is 2. The van der Waals surface area contributed by atoms with Crippen molar-refractivity contribution in [1.29, 1.82) is 0 Å². The van der Waals surface area contributed by atoms with Gasteiger partial charge < -0.3 is 18.8 Å². The van der Waals surface area contributed by atoms with Crippen molar-refractivity contribution < 1.29 is 23.8 Å². The van der Waals surface area contributed by atoms with Gasteiger partial charge in [0.1, 0.15) is 6.61 Å². The Morgan fingerprint density at radius 3 is 2.87 bits per heavy atom. The molecule has 30 heavy (non-hydrogen) atoms. The highest BCUT2D eigenvalue weighted by molar-refractivity contribution is 7.16. The Morgan fingerprint density at radius 2 is 2.10 bits per heavy atom. The highest BCUT2D eigenvalue weighted by Crippen LogP contribution is 2.31. The standard InChI is InChI=1S/C22H20N2O5S/c1-3-11-24-15-10-9-14(21(26)27-4-2)12-19(15)30-22(24)23-20(25)18-13-28-16-7-5-6-8-17(16)29-18/h3,5-10,12,18H,1,4,11,13H2,2H3/t18-/m1/s1. The van der Waals surface area contributed by atoms with Crippen LogP contribution in [0.5, 0.6) is 11.5 Å². The molecule has 2 heterocycles. The quantitative estimate of drug-likeness (QED) is 0.464. The fraction of sp³-hybridized carbons (Fsp3) is 0.227. The average molecular weight is 424 g/mol. The minimum atomic E-state index is -0.822. The Morgan fingerprint density at radius 1 is 1.30 bits per heavy atom. The molecule has 1 aliphatic heterocycles. The smallest absolute Gasteiger partial charge is 0.338 e. The summed E-state index contributed by atoms with van der Waals surface area (Å²) in [5, 5.41) is 0. The molecule has 1 amide bonds. The summed E-state index contributed by atoms with van der Waals surface area (Å²) >= 11 is 1.31. The van der Waals surface area contributed by atoms with E-state index in [-0.39, 0.29) is 12.6 Å². The molecule has 1 aromatic heterocycles. The van der Waals surface area contributed by atoms with Crippen LogP contribution in [0.25, 0.3) is 10.2 Å². The highest BCUT2D eigenvalue weighted by Gasteiger charge is 2.27. The molecule has 0 saturated heterocycles. The minimum absolute atomic E-state index is 0.0959. The van der Waals surface area contributed by atoms with E-state index >= 15 is 0 Å². The SMILES string of the molecule is C=CCn1c(=NC(=O)[C@H]2COc3ccccc3O2)sc2cc(C(=O)OCC)ccc21. The molecular formula is C22H20N2O5S. The van der Waals surface area contributed by atoms with Gasteiger partial charge in [0.05, 0.1) is 22.4 Å². The highest BCUT2D eigenvalue weighted by atomic mass is 32.1. The molecule has 1 atom stereocenters. The number of nitrogens with zero attached hydrogens (tertiary/aromatic N) is 2. The lowest BCUT2D eigenvalue weighted by atomic mass is 10.2. The van der Waals surface area contributed by atoms with E-state index in [1.165, 1.54) is 11.3 Å². The molecule has 0 fully saturated rings. The number of para-hydroxylation sites is 2. The number of hydrogen-bond acceptors (Lipinski definition) is 6. The van der Waals surface area contributed by atoms with Crippen molar-refractivity contribution in [2.45, 2.75) is 19.6 Å². The predicted molar refractivity (Wildman–Crippen MR) is 113 cm³/mol. The molecule has 2 aromatic carbocycles. The zero-order valence-corrected chi connectivity index (χ0v) is 17.2. The van der Waals surface area contributed by atoms with Crippen LogP contribution in [0.1, 0.15) is 17.3 Å². The normalized spacial score (nSPS) is 15.8. The Hall–Kier alpha value is -3.39. The lowest BCUT2D eigenvalue weighted by Crippen LogP contribution is -2.36. The van der Waals surface area contributed by atoms with Crippen LogP contribution in [0.4, 0.5) is 0 Å². The maximum Gasteiger partial charge on any atom is 0.338 e. The maximum atomic E-state index is 12.8. The average Bonchev–Trinajstić information content (AvgIpc) is 3.10. The number of esters is 1. The molecule has 0 bridgehead atoms. The number of benzene rings is 2. The van der Waals surface area contributed by atoms with Crippen LogP contribution in [0.2, 0.25) is 0 Å². The first-order valence-electron chi connectivity index (χ1n) is 9.49. The third-order valence-electron chi connectivity index (χ3n) is 4.50. The monoisotopic (exact) mass is 424 g/mol. The maximum absolute atomic E-state index is 12.8. The van der Waals surface area contributed by atoms with E-state index in [2.05, 4.69) is 11.6 Å². The van der Waals surface area contributed by atoms with Crippen molar-refractivity contribution in [1.82, 2.24) is 4.57 Å². The van der Waals surface area contributed by atoms with E-state index in [9.17, 15) is 9.59 Å². The zero-order chi connectivity index (χ0) is 21.1. The number of carbonyl (C=O) groups is 2. The Labute approximate surface area is 176 Å². The van der Waals surface area contributed by atoms with Crippen LogP contribution in [-0.4, -0.2) is 35.8 Å². The Kier molecular flexibility index (Phi) is 5.67. The third kappa shape index (κ3) is 3.86. The van der Waals surface area contributed by atoms with Gasteiger partial charge >= 0.3 is 5.97 Å². The minimum Gasteiger partial charge on any atom is -0.485 e. The summed E-state index contributed by atoms with van der Waals surface area (Å²) < 4.78 is 19.1. The first-order valence-corrected chi connectivity index (χ1v) is 10.3. The Balaban J connectivity index is 1.69. The number of aromatic nitrogens is 1. The van der Waals surface area contributed by atoms with Gasteiger partial charge in [0.15, 0.2) is 16.3 Å². The number of hydrogen-bond donors (Lipinski definition) is 0. The van der Waals surface area contributed by atoms with E-state index < -0.39 is 12.0 Å². The largest absolute Gasteiger partial charge is 0.485 e. The van der Waals surface area contributed by atoms with Crippen molar-refractivity contribution >= 4 is 33.4 Å². The second-order valence-corrected chi connectivity index (χ2v) is 7.51. The van der Waals surface area contributed by atoms with Crippen molar-refractivity contribution in [3.8, 4) is 11.5 Å². The number of fused-ring (bicyclic) bond motifs is 2. The molecule has 1 aliphatic rings. The molecule has 0 spiro atoms. The summed E-state index contributed by atoms with van der Waals surface area (Å²) in [5.41, 5.74) is 1.31. The predicted octanol–water partition coefficient (Wildman–Crippen LogP) is 3.33. The van der Waals surface area contributed by atoms with Gasteiger partial charge in [-0.3, -0.25) is 4.79 Å². The van der Waals surface area contributed by atoms with Crippen LogP contribution >= 0.6 is 11.3 Å². The molecular weight excluding hydrogens is 404 g/mol. The van der Waals surface area contributed by atoms with Crippen LogP contribution in [0.15, 0.2) is 60.1 Å². The van der Waals surface area contributed by atoms with Gasteiger partial charge in [-0.1, -0.05) is 29.5 Å². The van der Waals surface area contributed by atoms with E-state index in [0.717, 1.165) is 10.2 Å². The van der Waals surface area contributed by atoms with E-state index in [1.807, 2.05) is 22.8 Å². The van der Waals surface area contributed by atoms with Gasteiger partial charge in [0.2, 0.25) is 6.10 Å². The summed E-state index contributed by atoms with van der Waals surface area (Å²) in [5.74, 6) is 0.312. The second-order valence-electron chi connectivity index (χ2n) is 6.50. The lowest BCUT2D eigenvalue weighted by molar-refractivity contribution is -0.127. The first kappa shape index (κ1) is 19.9. The number of amides is 1. The van der Waals surface area contributed by atoms with E-state index in [4.69, 9.17) is 14.2 Å². The number of rotatable bonds is 5. The summed E-state index contributed by atoms with van der Waals surface area (Å²) in [6.45, 7) is 6.42. The summed E-state index contributed by atoms with van der Waals surface area (Å²) in [6.07, 6.45) is 0.906. The molecule has 4 rings (SSSR count). The van der Waals surface area contributed by atoms with Crippen molar-refractivity contribution in [3.63, 3.8) is 0 Å². The molecule has 0 N–H and O–H groups in total. The molecule has 0 radical (unpaired) electrons. The lowest BCUT2D eigenvalue weighted by Gasteiger charge is -2.23. The fourth-order valence-corrected chi connectivity index (χ4v) is 4.20. The van der Waals surface area contributed by atoms with E-state index in [1.54, 1.807) is 37.3 Å². The number of ether oxygens (including phenoxy) is 3. The first-order chi connectivity index (χ1) is 14.6. The molecule has 3 aromatic rings. The van der Waals surface area contributed by atoms with Gasteiger partial charge in [-0.05, 0) is 37.3 Å². The van der Waals surface area contributed by atoms with E-state index in [0.29, 0.717) is 35.0 Å². The summed E-state index contributed by atoms with van der Waals surface area (Å²) in [6, 6.07) is 12.5. The van der Waals surface area contributed by atoms with Crippen molar-refractivity contribution in [2.24, 2.45) is 4.99 Å². The van der Waals surface area contributed by atoms with Gasteiger partial charge in [0, 0.05) is 6.54 Å². The van der Waals surface area contributed by atoms with Crippen molar-refractivity contribution in [2.75, 3.05) is 13.2 Å². The second kappa shape index (κ2) is 8.54. The third-order valence-corrected chi connectivity index (χ3v) is 5.54. The zero-order valence-electron chi connectivity index (χ0n) is 16.4. The fourth-order valence-electron chi connectivity index (χ4n) is 3.11. The number of allylic oxidation sites excluding steroid dienone is 1. The molecule has 154 valence electrons. The summed E-state index contributed by atoms with van der Waals surface area (Å²) in [4.78, 5) is 29.6. The topological polar surface area (TPSA) is 79.1 Å². The van der Waals surface area contributed by atoms with Gasteiger partial charge in [0.25, 0.3) is 5.91 Å². The number of thiazole rings is 1. The molecule has 0 saturated carbocycles. The van der Waals surface area contributed by atoms with Crippen LogP contribution in [-0.2, 0) is 16.1 Å². The van der Waals surface area contributed by atoms with Gasteiger partial charge in [-0.15, -0.1) is 6.58 Å². The van der Waals surface area contributed by atoms with Gasteiger partial charge in [-0.25, -0.2) is 4.79 Å². The molecule has 7 nitrogen and oxygen atoms in total. The van der Waals surface area contributed by atoms with Crippen LogP contribution < -0.4 is 14.3 Å². The van der Waals surface area contributed by atoms with Crippen molar-refractivity contribution in [3.05, 3.63) is 65.5 Å². The van der Waals surface area contributed by atoms with Crippen LogP contribution in [0, 0.1) is 0 Å². The Bertz CT molecular complexity index is 1190. The molecule has 0 unspecified atom stereocenters. The molecule has 0 aliphatic carbocycles. The van der Waals surface area contributed by atoms with Gasteiger partial charge in [-0.2, -0.15) is 4.99 Å². The summed E-state index contributed by atoms with van der Waals surface area (Å²) in [7, 11) is 0.